The predicted molar refractivity (Wildman–Crippen MR) is 73.5 cm³/mol. The van der Waals surface area contributed by atoms with Crippen LogP contribution < -0.4 is 0 Å². The lowest BCUT2D eigenvalue weighted by molar-refractivity contribution is -0.137. The lowest BCUT2D eigenvalue weighted by atomic mass is 10.0. The molecule has 0 atom stereocenters. The topological polar surface area (TPSA) is 43.1 Å². The number of halogens is 3. The molecule has 0 saturated heterocycles. The fraction of sp³-hybridized carbons (Fsp3) is 0.125. The first-order valence-corrected chi connectivity index (χ1v) is 6.48. The summed E-state index contributed by atoms with van der Waals surface area (Å²) in [4.78, 5) is 16.2. The molecule has 0 saturated carbocycles. The first-order chi connectivity index (χ1) is 10.4. The summed E-state index contributed by atoms with van der Waals surface area (Å²) < 4.78 is 43.4. The number of Topliss-reactive ketones (excluding diaryl/α,β-unsaturated/α-hetero) is 1. The second-order valence-electron chi connectivity index (χ2n) is 4.75. The zero-order valence-electron chi connectivity index (χ0n) is 11.2. The van der Waals surface area contributed by atoms with Gasteiger partial charge in [-0.25, -0.2) is 4.98 Å². The molecule has 0 N–H and O–H groups in total. The van der Waals surface area contributed by atoms with Crippen LogP contribution in [0.25, 0.3) is 11.1 Å². The highest BCUT2D eigenvalue weighted by atomic mass is 19.4. The maximum Gasteiger partial charge on any atom is 0.416 e. The van der Waals surface area contributed by atoms with Gasteiger partial charge in [-0.15, -0.1) is 0 Å². The Balaban J connectivity index is 1.85. The van der Waals surface area contributed by atoms with Crippen molar-refractivity contribution in [3.05, 3.63) is 65.5 Å². The first kappa shape index (κ1) is 14.3. The van der Waals surface area contributed by atoms with E-state index in [-0.39, 0.29) is 17.9 Å². The third-order valence-corrected chi connectivity index (χ3v) is 3.16. The Bertz CT molecular complexity index is 804. The zero-order chi connectivity index (χ0) is 15.7. The van der Waals surface area contributed by atoms with Gasteiger partial charge < -0.3 is 4.42 Å². The number of alkyl halides is 3. The van der Waals surface area contributed by atoms with E-state index in [1.54, 1.807) is 24.3 Å². The molecule has 2 aromatic carbocycles. The van der Waals surface area contributed by atoms with Gasteiger partial charge in [-0.05, 0) is 24.3 Å². The van der Waals surface area contributed by atoms with Crippen LogP contribution in [0.5, 0.6) is 0 Å². The molecule has 0 aliphatic carbocycles. The quantitative estimate of drug-likeness (QED) is 0.679. The largest absolute Gasteiger partial charge is 0.440 e. The number of ketones is 1. The minimum atomic E-state index is -4.48. The summed E-state index contributed by atoms with van der Waals surface area (Å²) in [5.74, 6) is -0.290. The van der Waals surface area contributed by atoms with Gasteiger partial charge in [0, 0.05) is 5.56 Å². The molecule has 0 spiro atoms. The lowest BCUT2D eigenvalue weighted by Crippen LogP contribution is -2.09. The van der Waals surface area contributed by atoms with Gasteiger partial charge in [0.05, 0.1) is 12.0 Å². The summed E-state index contributed by atoms with van der Waals surface area (Å²) >= 11 is 0. The Morgan fingerprint density at radius 2 is 1.86 bits per heavy atom. The number of aromatic nitrogens is 1. The molecule has 1 heterocycles. The van der Waals surface area contributed by atoms with Gasteiger partial charge in [0.2, 0.25) is 5.89 Å². The molecular weight excluding hydrogens is 295 g/mol. The standard InChI is InChI=1S/C16H10F3NO2/c17-16(18,19)11-5-3-4-10(8-11)13(21)9-15-20-12-6-1-2-7-14(12)22-15/h1-8H,9H2. The first-order valence-electron chi connectivity index (χ1n) is 6.48. The van der Waals surface area contributed by atoms with E-state index in [0.717, 1.165) is 12.1 Å². The van der Waals surface area contributed by atoms with Crippen LogP contribution in [0.15, 0.2) is 52.9 Å². The lowest BCUT2D eigenvalue weighted by Gasteiger charge is -2.07. The van der Waals surface area contributed by atoms with Crippen molar-refractivity contribution < 1.29 is 22.4 Å². The van der Waals surface area contributed by atoms with E-state index in [1.165, 1.54) is 12.1 Å². The van der Waals surface area contributed by atoms with Crippen molar-refractivity contribution >= 4 is 16.9 Å². The smallest absolute Gasteiger partial charge is 0.416 e. The van der Waals surface area contributed by atoms with Crippen molar-refractivity contribution in [2.75, 3.05) is 0 Å². The van der Waals surface area contributed by atoms with Crippen molar-refractivity contribution in [3.63, 3.8) is 0 Å². The van der Waals surface area contributed by atoms with E-state index in [4.69, 9.17) is 4.42 Å². The molecule has 0 radical (unpaired) electrons. The van der Waals surface area contributed by atoms with Crippen molar-refractivity contribution in [1.29, 1.82) is 0 Å². The number of carbonyl (C=O) groups excluding carboxylic acids is 1. The molecule has 0 unspecified atom stereocenters. The Kier molecular flexibility index (Phi) is 3.44. The maximum atomic E-state index is 12.7. The highest BCUT2D eigenvalue weighted by Gasteiger charge is 2.30. The zero-order valence-corrected chi connectivity index (χ0v) is 11.2. The number of fused-ring (bicyclic) bond motifs is 1. The molecule has 6 heteroatoms. The molecule has 3 rings (SSSR count). The van der Waals surface area contributed by atoms with Crippen LogP contribution in [0.4, 0.5) is 13.2 Å². The van der Waals surface area contributed by atoms with Gasteiger partial charge in [-0.1, -0.05) is 24.3 Å². The summed E-state index contributed by atoms with van der Waals surface area (Å²) in [5, 5.41) is 0. The van der Waals surface area contributed by atoms with Crippen molar-refractivity contribution in [1.82, 2.24) is 4.98 Å². The number of hydrogen-bond donors (Lipinski definition) is 0. The normalized spacial score (nSPS) is 11.8. The summed E-state index contributed by atoms with van der Waals surface area (Å²) in [5.41, 5.74) is 0.275. The molecule has 22 heavy (non-hydrogen) atoms. The average Bonchev–Trinajstić information content (AvgIpc) is 2.88. The molecule has 3 aromatic rings. The SMILES string of the molecule is O=C(Cc1nc2ccccc2o1)c1cccc(C(F)(F)F)c1. The highest BCUT2D eigenvalue weighted by molar-refractivity contribution is 5.97. The molecule has 112 valence electrons. The Hall–Kier alpha value is -2.63. The molecule has 0 amide bonds. The molecule has 3 nitrogen and oxygen atoms in total. The molecule has 0 aliphatic rings. The van der Waals surface area contributed by atoms with Gasteiger partial charge in [0.15, 0.2) is 11.4 Å². The third kappa shape index (κ3) is 2.86. The summed E-state index contributed by atoms with van der Waals surface area (Å²) in [7, 11) is 0. The van der Waals surface area contributed by atoms with Crippen LogP contribution in [0, 0.1) is 0 Å². The predicted octanol–water partition coefficient (Wildman–Crippen LogP) is 4.27. The van der Waals surface area contributed by atoms with E-state index < -0.39 is 17.5 Å². The summed E-state index contributed by atoms with van der Waals surface area (Å²) in [6.07, 6.45) is -4.66. The van der Waals surface area contributed by atoms with Crippen LogP contribution in [0.1, 0.15) is 21.8 Å². The maximum absolute atomic E-state index is 12.7. The minimum Gasteiger partial charge on any atom is -0.440 e. The molecule has 0 aliphatic heterocycles. The van der Waals surface area contributed by atoms with Crippen LogP contribution in [0.3, 0.4) is 0 Å². The minimum absolute atomic E-state index is 0.0166. The number of rotatable bonds is 3. The van der Waals surface area contributed by atoms with Crippen LogP contribution in [-0.4, -0.2) is 10.8 Å². The fourth-order valence-corrected chi connectivity index (χ4v) is 2.10. The summed E-state index contributed by atoms with van der Waals surface area (Å²) in [6, 6.07) is 11.3. The van der Waals surface area contributed by atoms with Gasteiger partial charge in [0.1, 0.15) is 5.52 Å². The van der Waals surface area contributed by atoms with Gasteiger partial charge in [0.25, 0.3) is 0 Å². The number of hydrogen-bond acceptors (Lipinski definition) is 3. The van der Waals surface area contributed by atoms with E-state index in [0.29, 0.717) is 11.1 Å². The van der Waals surface area contributed by atoms with Gasteiger partial charge >= 0.3 is 6.18 Å². The van der Waals surface area contributed by atoms with Crippen LogP contribution >= 0.6 is 0 Å². The molecule has 1 aromatic heterocycles. The number of nitrogens with zero attached hydrogens (tertiary/aromatic N) is 1. The average molecular weight is 305 g/mol. The van der Waals surface area contributed by atoms with Crippen molar-refractivity contribution in [2.24, 2.45) is 0 Å². The van der Waals surface area contributed by atoms with E-state index in [9.17, 15) is 18.0 Å². The highest BCUT2D eigenvalue weighted by Crippen LogP contribution is 2.29. The van der Waals surface area contributed by atoms with E-state index in [2.05, 4.69) is 4.98 Å². The number of para-hydroxylation sites is 2. The fourth-order valence-electron chi connectivity index (χ4n) is 2.10. The Labute approximate surface area is 123 Å². The van der Waals surface area contributed by atoms with Gasteiger partial charge in [-0.3, -0.25) is 4.79 Å². The Morgan fingerprint density at radius 1 is 1.09 bits per heavy atom. The van der Waals surface area contributed by atoms with E-state index in [1.807, 2.05) is 0 Å². The van der Waals surface area contributed by atoms with Crippen LogP contribution in [0.2, 0.25) is 0 Å². The van der Waals surface area contributed by atoms with Gasteiger partial charge in [-0.2, -0.15) is 13.2 Å². The molecular formula is C16H10F3NO2. The van der Waals surface area contributed by atoms with Crippen LogP contribution in [-0.2, 0) is 12.6 Å². The second kappa shape index (κ2) is 5.29. The van der Waals surface area contributed by atoms with Crippen molar-refractivity contribution in [2.45, 2.75) is 12.6 Å². The second-order valence-corrected chi connectivity index (χ2v) is 4.75. The van der Waals surface area contributed by atoms with Crippen molar-refractivity contribution in [3.8, 4) is 0 Å². The Morgan fingerprint density at radius 3 is 2.59 bits per heavy atom. The molecule has 0 bridgehead atoms. The number of oxazole rings is 1. The number of benzene rings is 2. The molecule has 0 fully saturated rings. The third-order valence-electron chi connectivity index (χ3n) is 3.16. The summed E-state index contributed by atoms with van der Waals surface area (Å²) in [6.45, 7) is 0. The number of carbonyl (C=O) groups is 1. The van der Waals surface area contributed by atoms with E-state index >= 15 is 0 Å². The monoisotopic (exact) mass is 305 g/mol.